The number of carbonyl (C=O) groups excluding carboxylic acids is 2. The highest BCUT2D eigenvalue weighted by molar-refractivity contribution is 6.37. The molecule has 2 rings (SSSR count). The summed E-state index contributed by atoms with van der Waals surface area (Å²) in [7, 11) is 0. The molecule has 0 fully saturated rings. The number of halogens is 2. The molecule has 0 radical (unpaired) electrons. The number of hydrogen-bond donors (Lipinski definition) is 1. The molecule has 0 heterocycles. The van der Waals surface area contributed by atoms with E-state index in [2.05, 4.69) is 5.32 Å². The van der Waals surface area contributed by atoms with Crippen LogP contribution in [0.15, 0.2) is 35.9 Å². The molecule has 1 N–H and O–H groups in total. The van der Waals surface area contributed by atoms with Gasteiger partial charge in [-0.15, -0.1) is 0 Å². The maximum atomic E-state index is 12.5. The Morgan fingerprint density at radius 1 is 1.17 bits per heavy atom. The molecule has 0 spiro atoms. The van der Waals surface area contributed by atoms with E-state index in [0.717, 1.165) is 11.1 Å². The highest BCUT2D eigenvalue weighted by atomic mass is 35.5. The van der Waals surface area contributed by atoms with E-state index in [9.17, 15) is 14.9 Å². The van der Waals surface area contributed by atoms with Crippen molar-refractivity contribution in [2.24, 2.45) is 0 Å². The molecular formula is C22H20Cl2N2O4. The van der Waals surface area contributed by atoms with Crippen LogP contribution in [0.1, 0.15) is 23.6 Å². The van der Waals surface area contributed by atoms with Gasteiger partial charge in [0.05, 0.1) is 16.7 Å². The summed E-state index contributed by atoms with van der Waals surface area (Å²) in [5.74, 6) is -0.996. The molecule has 0 aliphatic carbocycles. The number of ether oxygens (including phenoxy) is 2. The van der Waals surface area contributed by atoms with E-state index in [-0.39, 0.29) is 34.6 Å². The smallest absolute Gasteiger partial charge is 0.344 e. The van der Waals surface area contributed by atoms with Crippen LogP contribution in [-0.4, -0.2) is 25.1 Å². The number of hydrogen-bond acceptors (Lipinski definition) is 5. The van der Waals surface area contributed by atoms with Crippen LogP contribution >= 0.6 is 23.2 Å². The van der Waals surface area contributed by atoms with E-state index in [1.165, 1.54) is 18.2 Å². The third-order valence-corrected chi connectivity index (χ3v) is 4.53. The number of aryl methyl sites for hydroxylation is 2. The van der Waals surface area contributed by atoms with Crippen LogP contribution in [0, 0.1) is 25.2 Å². The maximum Gasteiger partial charge on any atom is 0.344 e. The van der Waals surface area contributed by atoms with Crippen molar-refractivity contribution in [1.82, 2.24) is 0 Å². The second-order valence-corrected chi connectivity index (χ2v) is 7.16. The Balaban J connectivity index is 2.21. The number of esters is 1. The van der Waals surface area contributed by atoms with Crippen molar-refractivity contribution in [3.05, 3.63) is 62.6 Å². The summed E-state index contributed by atoms with van der Waals surface area (Å²) in [5.41, 5.74) is 2.87. The lowest BCUT2D eigenvalue weighted by Gasteiger charge is -2.11. The number of nitrogens with one attached hydrogen (secondary N) is 1. The zero-order chi connectivity index (χ0) is 22.3. The van der Waals surface area contributed by atoms with Gasteiger partial charge in [-0.2, -0.15) is 5.26 Å². The van der Waals surface area contributed by atoms with Gasteiger partial charge in [0, 0.05) is 5.69 Å². The molecule has 0 saturated heterocycles. The predicted molar refractivity (Wildman–Crippen MR) is 117 cm³/mol. The summed E-state index contributed by atoms with van der Waals surface area (Å²) in [4.78, 5) is 24.0. The number of nitrogens with zero attached hydrogens (tertiary/aromatic N) is 1. The molecular weight excluding hydrogens is 427 g/mol. The Hall–Kier alpha value is -3.01. The lowest BCUT2D eigenvalue weighted by molar-refractivity contribution is -0.145. The number of nitriles is 1. The van der Waals surface area contributed by atoms with Crippen LogP contribution in [0.25, 0.3) is 6.08 Å². The average Bonchev–Trinajstić information content (AvgIpc) is 2.67. The second kappa shape index (κ2) is 10.7. The lowest BCUT2D eigenvalue weighted by atomic mass is 10.1. The molecule has 156 valence electrons. The summed E-state index contributed by atoms with van der Waals surface area (Å²) < 4.78 is 10.1. The Kier molecular flexibility index (Phi) is 8.28. The summed E-state index contributed by atoms with van der Waals surface area (Å²) >= 11 is 12.4. The maximum absolute atomic E-state index is 12.5. The van der Waals surface area contributed by atoms with Crippen molar-refractivity contribution in [2.45, 2.75) is 20.8 Å². The first-order chi connectivity index (χ1) is 14.2. The van der Waals surface area contributed by atoms with Gasteiger partial charge in [-0.3, -0.25) is 4.79 Å². The molecule has 0 aromatic heterocycles. The van der Waals surface area contributed by atoms with Crippen LogP contribution in [-0.2, 0) is 14.3 Å². The fourth-order valence-electron chi connectivity index (χ4n) is 2.59. The summed E-state index contributed by atoms with van der Waals surface area (Å²) in [6, 6.07) is 10.4. The summed E-state index contributed by atoms with van der Waals surface area (Å²) in [5, 5.41) is 12.4. The number of benzene rings is 2. The average molecular weight is 447 g/mol. The quantitative estimate of drug-likeness (QED) is 0.363. The topological polar surface area (TPSA) is 88.4 Å². The van der Waals surface area contributed by atoms with Gasteiger partial charge in [-0.05, 0) is 56.2 Å². The van der Waals surface area contributed by atoms with Crippen LogP contribution in [0.2, 0.25) is 10.0 Å². The Labute approximate surface area is 185 Å². The Morgan fingerprint density at radius 3 is 2.40 bits per heavy atom. The first-order valence-corrected chi connectivity index (χ1v) is 9.78. The summed E-state index contributed by atoms with van der Waals surface area (Å²) in [6.07, 6.45) is 1.37. The van der Waals surface area contributed by atoms with Gasteiger partial charge in [0.1, 0.15) is 11.6 Å². The molecule has 0 saturated carbocycles. The fourth-order valence-corrected chi connectivity index (χ4v) is 3.21. The molecule has 2 aromatic carbocycles. The van der Waals surface area contributed by atoms with Crippen molar-refractivity contribution in [2.75, 3.05) is 18.5 Å². The van der Waals surface area contributed by atoms with E-state index in [1.807, 2.05) is 32.0 Å². The normalized spacial score (nSPS) is 10.9. The van der Waals surface area contributed by atoms with Gasteiger partial charge in [0.15, 0.2) is 12.4 Å². The second-order valence-electron chi connectivity index (χ2n) is 6.35. The van der Waals surface area contributed by atoms with Gasteiger partial charge in [-0.1, -0.05) is 40.9 Å². The highest BCUT2D eigenvalue weighted by Crippen LogP contribution is 2.35. The molecule has 0 atom stereocenters. The lowest BCUT2D eigenvalue weighted by Crippen LogP contribution is -2.15. The molecule has 6 nitrogen and oxygen atoms in total. The molecule has 0 unspecified atom stereocenters. The third-order valence-electron chi connectivity index (χ3n) is 3.97. The van der Waals surface area contributed by atoms with Gasteiger partial charge in [0.2, 0.25) is 0 Å². The van der Waals surface area contributed by atoms with Crippen LogP contribution in [0.4, 0.5) is 5.69 Å². The van der Waals surface area contributed by atoms with Gasteiger partial charge >= 0.3 is 5.97 Å². The zero-order valence-electron chi connectivity index (χ0n) is 16.7. The van der Waals surface area contributed by atoms with Crippen molar-refractivity contribution in [3.8, 4) is 11.8 Å². The fraction of sp³-hybridized carbons (Fsp3) is 0.227. The van der Waals surface area contributed by atoms with Crippen molar-refractivity contribution >= 4 is 46.8 Å². The van der Waals surface area contributed by atoms with Crippen molar-refractivity contribution < 1.29 is 19.1 Å². The monoisotopic (exact) mass is 446 g/mol. The molecule has 0 aliphatic rings. The van der Waals surface area contributed by atoms with E-state index >= 15 is 0 Å². The summed E-state index contributed by atoms with van der Waals surface area (Å²) in [6.45, 7) is 5.39. The van der Waals surface area contributed by atoms with Crippen molar-refractivity contribution in [1.29, 1.82) is 5.26 Å². The van der Waals surface area contributed by atoms with E-state index < -0.39 is 11.9 Å². The number of amides is 1. The van der Waals surface area contributed by atoms with Crippen LogP contribution in [0.5, 0.6) is 5.75 Å². The highest BCUT2D eigenvalue weighted by Gasteiger charge is 2.15. The Bertz CT molecular complexity index is 1020. The first-order valence-electron chi connectivity index (χ1n) is 9.03. The molecule has 2 aromatic rings. The number of anilines is 1. The molecule has 8 heteroatoms. The van der Waals surface area contributed by atoms with Gasteiger partial charge in [-0.25, -0.2) is 4.79 Å². The predicted octanol–water partition coefficient (Wildman–Crippen LogP) is 5.10. The molecule has 30 heavy (non-hydrogen) atoms. The Morgan fingerprint density at radius 2 is 1.83 bits per heavy atom. The minimum atomic E-state index is -0.556. The van der Waals surface area contributed by atoms with Crippen molar-refractivity contribution in [3.63, 3.8) is 0 Å². The molecule has 0 bridgehead atoms. The van der Waals surface area contributed by atoms with E-state index in [1.54, 1.807) is 13.0 Å². The standard InChI is InChI=1S/C22H20Cl2N2O4/c1-4-29-20(27)12-30-21-17(23)9-15(10-18(21)24)8-16(11-25)22(28)26-19-6-5-13(2)7-14(19)3/h5-10H,4,12H2,1-3H3,(H,26,28)/b16-8+. The zero-order valence-corrected chi connectivity index (χ0v) is 18.2. The van der Waals surface area contributed by atoms with Gasteiger partial charge < -0.3 is 14.8 Å². The third kappa shape index (κ3) is 6.24. The van der Waals surface area contributed by atoms with Crippen LogP contribution in [0.3, 0.4) is 0 Å². The van der Waals surface area contributed by atoms with E-state index in [0.29, 0.717) is 11.3 Å². The van der Waals surface area contributed by atoms with Gasteiger partial charge in [0.25, 0.3) is 5.91 Å². The minimum Gasteiger partial charge on any atom is -0.479 e. The SMILES string of the molecule is CCOC(=O)COc1c(Cl)cc(/C=C(\C#N)C(=O)Nc2ccc(C)cc2C)cc1Cl. The van der Waals surface area contributed by atoms with E-state index in [4.69, 9.17) is 32.7 Å². The molecule has 0 aliphatic heterocycles. The minimum absolute atomic E-state index is 0.113. The largest absolute Gasteiger partial charge is 0.479 e. The number of rotatable bonds is 7. The van der Waals surface area contributed by atoms with Crippen LogP contribution < -0.4 is 10.1 Å². The number of carbonyl (C=O) groups is 2. The molecule has 1 amide bonds. The first kappa shape index (κ1) is 23.3.